The van der Waals surface area contributed by atoms with Gasteiger partial charge < -0.3 is 14.8 Å². The van der Waals surface area contributed by atoms with Gasteiger partial charge in [0.1, 0.15) is 0 Å². The van der Waals surface area contributed by atoms with Gasteiger partial charge >= 0.3 is 0 Å². The van der Waals surface area contributed by atoms with Crippen LogP contribution in [0.4, 0.5) is 0 Å². The fourth-order valence-corrected chi connectivity index (χ4v) is 1.47. The van der Waals surface area contributed by atoms with Gasteiger partial charge in [0.05, 0.1) is 13.7 Å². The third kappa shape index (κ3) is 1.82. The van der Waals surface area contributed by atoms with Crippen LogP contribution < -0.4 is 14.8 Å². The summed E-state index contributed by atoms with van der Waals surface area (Å²) >= 11 is 0. The molecule has 1 saturated heterocycles. The van der Waals surface area contributed by atoms with Crippen molar-refractivity contribution in [2.45, 2.75) is 13.0 Å². The normalized spacial score (nSPS) is 19.1. The van der Waals surface area contributed by atoms with Crippen molar-refractivity contribution in [1.29, 1.82) is 0 Å². The number of methoxy groups -OCH3 is 1. The number of nitrogens with one attached hydrogen (secondary N) is 1. The highest BCUT2D eigenvalue weighted by Crippen LogP contribution is 2.32. The van der Waals surface area contributed by atoms with Crippen LogP contribution in [0.2, 0.25) is 0 Å². The average Bonchev–Trinajstić information content (AvgIpc) is 3.02. The molecule has 1 aromatic rings. The van der Waals surface area contributed by atoms with Gasteiger partial charge in [-0.05, 0) is 24.6 Å². The van der Waals surface area contributed by atoms with Crippen LogP contribution >= 0.6 is 0 Å². The van der Waals surface area contributed by atoms with Crippen LogP contribution in [0.3, 0.4) is 0 Å². The summed E-state index contributed by atoms with van der Waals surface area (Å²) < 4.78 is 10.7. The molecule has 1 aliphatic heterocycles. The number of rotatable bonds is 4. The molecule has 3 heteroatoms. The smallest absolute Gasteiger partial charge is 0.161 e. The topological polar surface area (TPSA) is 40.4 Å². The first-order valence-electron chi connectivity index (χ1n) is 4.89. The van der Waals surface area contributed by atoms with E-state index < -0.39 is 0 Å². The zero-order chi connectivity index (χ0) is 9.97. The lowest BCUT2D eigenvalue weighted by Gasteiger charge is -2.10. The average molecular weight is 193 g/mol. The molecule has 0 amide bonds. The highest BCUT2D eigenvalue weighted by molar-refractivity contribution is 5.44. The Kier molecular flexibility index (Phi) is 2.59. The molecule has 14 heavy (non-hydrogen) atoms. The van der Waals surface area contributed by atoms with E-state index in [1.807, 2.05) is 19.1 Å². The highest BCUT2D eigenvalue weighted by atomic mass is 16.5. The first kappa shape index (κ1) is 9.34. The van der Waals surface area contributed by atoms with E-state index in [2.05, 4.69) is 11.4 Å². The SMILES string of the molecule is CCOc1ccc([C@H]2CN2)cc1OC. The summed E-state index contributed by atoms with van der Waals surface area (Å²) in [6, 6.07) is 6.60. The summed E-state index contributed by atoms with van der Waals surface area (Å²) in [5, 5.41) is 3.26. The molecule has 1 aliphatic rings. The van der Waals surface area contributed by atoms with E-state index in [9.17, 15) is 0 Å². The van der Waals surface area contributed by atoms with Gasteiger partial charge in [-0.3, -0.25) is 0 Å². The second-order valence-corrected chi connectivity index (χ2v) is 3.30. The van der Waals surface area contributed by atoms with Crippen molar-refractivity contribution < 1.29 is 9.47 Å². The standard InChI is InChI=1S/C11H15NO2/c1-3-14-10-5-4-8(9-7-12-9)6-11(10)13-2/h4-6,9,12H,3,7H2,1-2H3/t9-/m1/s1. The highest BCUT2D eigenvalue weighted by Gasteiger charge is 2.23. The van der Waals surface area contributed by atoms with Crippen LogP contribution in [0.15, 0.2) is 18.2 Å². The molecule has 0 unspecified atom stereocenters. The molecule has 1 N–H and O–H groups in total. The summed E-state index contributed by atoms with van der Waals surface area (Å²) in [5.74, 6) is 1.64. The van der Waals surface area contributed by atoms with Crippen molar-refractivity contribution >= 4 is 0 Å². The van der Waals surface area contributed by atoms with Crippen LogP contribution in [-0.2, 0) is 0 Å². The van der Waals surface area contributed by atoms with Gasteiger partial charge in [0.15, 0.2) is 11.5 Å². The summed E-state index contributed by atoms with van der Waals surface area (Å²) in [7, 11) is 1.67. The number of hydrogen-bond acceptors (Lipinski definition) is 3. The lowest BCUT2D eigenvalue weighted by atomic mass is 10.1. The third-order valence-corrected chi connectivity index (χ3v) is 2.30. The van der Waals surface area contributed by atoms with Gasteiger partial charge in [-0.15, -0.1) is 0 Å². The molecule has 0 radical (unpaired) electrons. The first-order chi connectivity index (χ1) is 6.85. The minimum Gasteiger partial charge on any atom is -0.493 e. The molecule has 76 valence electrons. The van der Waals surface area contributed by atoms with Gasteiger partial charge in [-0.2, -0.15) is 0 Å². The van der Waals surface area contributed by atoms with E-state index in [1.165, 1.54) is 5.56 Å². The van der Waals surface area contributed by atoms with Crippen LogP contribution in [0.25, 0.3) is 0 Å². The van der Waals surface area contributed by atoms with Crippen LogP contribution in [0.1, 0.15) is 18.5 Å². The lowest BCUT2D eigenvalue weighted by molar-refractivity contribution is 0.310. The number of ether oxygens (including phenoxy) is 2. The van der Waals surface area contributed by atoms with E-state index in [0.717, 1.165) is 18.0 Å². The van der Waals surface area contributed by atoms with Crippen molar-refractivity contribution in [3.63, 3.8) is 0 Å². The van der Waals surface area contributed by atoms with Crippen molar-refractivity contribution in [2.75, 3.05) is 20.3 Å². The summed E-state index contributed by atoms with van der Waals surface area (Å²) in [4.78, 5) is 0. The molecular weight excluding hydrogens is 178 g/mol. The molecule has 0 aromatic heterocycles. The van der Waals surface area contributed by atoms with E-state index >= 15 is 0 Å². The molecule has 1 aromatic carbocycles. The number of benzene rings is 1. The minimum atomic E-state index is 0.513. The summed E-state index contributed by atoms with van der Waals surface area (Å²) in [6.07, 6.45) is 0. The maximum atomic E-state index is 5.44. The maximum absolute atomic E-state index is 5.44. The van der Waals surface area contributed by atoms with Crippen molar-refractivity contribution in [2.24, 2.45) is 0 Å². The molecule has 0 spiro atoms. The predicted octanol–water partition coefficient (Wildman–Crippen LogP) is 1.74. The summed E-state index contributed by atoms with van der Waals surface area (Å²) in [6.45, 7) is 3.70. The monoisotopic (exact) mass is 193 g/mol. The van der Waals surface area contributed by atoms with Crippen LogP contribution in [0.5, 0.6) is 11.5 Å². The van der Waals surface area contributed by atoms with Gasteiger partial charge in [0, 0.05) is 12.6 Å². The fraction of sp³-hybridized carbons (Fsp3) is 0.455. The van der Waals surface area contributed by atoms with Gasteiger partial charge in [-0.25, -0.2) is 0 Å². The van der Waals surface area contributed by atoms with Crippen molar-refractivity contribution in [3.05, 3.63) is 23.8 Å². The molecule has 1 heterocycles. The molecule has 0 aliphatic carbocycles. The van der Waals surface area contributed by atoms with E-state index in [0.29, 0.717) is 12.6 Å². The Hall–Kier alpha value is -1.22. The minimum absolute atomic E-state index is 0.513. The lowest BCUT2D eigenvalue weighted by Crippen LogP contribution is -1.96. The summed E-state index contributed by atoms with van der Waals surface area (Å²) in [5.41, 5.74) is 1.27. The molecule has 3 nitrogen and oxygen atoms in total. The van der Waals surface area contributed by atoms with E-state index in [-0.39, 0.29) is 0 Å². The van der Waals surface area contributed by atoms with Gasteiger partial charge in [-0.1, -0.05) is 6.07 Å². The third-order valence-electron chi connectivity index (χ3n) is 2.30. The second-order valence-electron chi connectivity index (χ2n) is 3.30. The molecule has 1 atom stereocenters. The largest absolute Gasteiger partial charge is 0.493 e. The van der Waals surface area contributed by atoms with Gasteiger partial charge in [0.25, 0.3) is 0 Å². The molecule has 2 rings (SSSR count). The van der Waals surface area contributed by atoms with Gasteiger partial charge in [0.2, 0.25) is 0 Å². The number of hydrogen-bond donors (Lipinski definition) is 1. The Bertz CT molecular complexity index is 321. The predicted molar refractivity (Wildman–Crippen MR) is 54.9 cm³/mol. The van der Waals surface area contributed by atoms with Crippen LogP contribution in [-0.4, -0.2) is 20.3 Å². The van der Waals surface area contributed by atoms with Crippen molar-refractivity contribution in [1.82, 2.24) is 5.32 Å². The van der Waals surface area contributed by atoms with E-state index in [1.54, 1.807) is 7.11 Å². The Morgan fingerprint density at radius 1 is 1.43 bits per heavy atom. The molecule has 1 fully saturated rings. The Morgan fingerprint density at radius 3 is 2.79 bits per heavy atom. The first-order valence-corrected chi connectivity index (χ1v) is 4.89. The maximum Gasteiger partial charge on any atom is 0.161 e. The Balaban J connectivity index is 2.24. The second kappa shape index (κ2) is 3.88. The van der Waals surface area contributed by atoms with Crippen LogP contribution in [0, 0.1) is 0 Å². The Morgan fingerprint density at radius 2 is 2.21 bits per heavy atom. The zero-order valence-corrected chi connectivity index (χ0v) is 8.54. The fourth-order valence-electron chi connectivity index (χ4n) is 1.47. The quantitative estimate of drug-likeness (QED) is 0.740. The van der Waals surface area contributed by atoms with Crippen molar-refractivity contribution in [3.8, 4) is 11.5 Å². The Labute approximate surface area is 84.0 Å². The molecule has 0 saturated carbocycles. The van der Waals surface area contributed by atoms with E-state index in [4.69, 9.17) is 9.47 Å². The molecular formula is C11H15NO2. The molecule has 0 bridgehead atoms. The zero-order valence-electron chi connectivity index (χ0n) is 8.54.